The molecule has 0 spiro atoms. The summed E-state index contributed by atoms with van der Waals surface area (Å²) in [4.78, 5) is 16.8. The number of hydrogen-bond acceptors (Lipinski definition) is 3. The number of benzene rings is 1. The average Bonchev–Trinajstić information content (AvgIpc) is 2.80. The molecule has 1 aromatic carbocycles. The number of carbonyl (C=O) groups excluding carboxylic acids is 1. The van der Waals surface area contributed by atoms with Gasteiger partial charge in [0.05, 0.1) is 5.75 Å². The molecule has 0 fully saturated rings. The summed E-state index contributed by atoms with van der Waals surface area (Å²) in [6, 6.07) is 2.15. The van der Waals surface area contributed by atoms with Gasteiger partial charge in [0.1, 0.15) is 0 Å². The molecule has 0 aliphatic carbocycles. The lowest BCUT2D eigenvalue weighted by Crippen LogP contribution is -2.10. The van der Waals surface area contributed by atoms with Crippen LogP contribution in [0.15, 0.2) is 23.6 Å². The Hall–Kier alpha value is -1.55. The van der Waals surface area contributed by atoms with Crippen molar-refractivity contribution >= 4 is 17.5 Å². The van der Waals surface area contributed by atoms with Gasteiger partial charge in [0.25, 0.3) is 0 Å². The molecule has 0 unspecified atom stereocenters. The minimum absolute atomic E-state index is 0.180. The first-order valence-corrected chi connectivity index (χ1v) is 7.61. The summed E-state index contributed by atoms with van der Waals surface area (Å²) < 4.78 is 1.93. The van der Waals surface area contributed by atoms with Gasteiger partial charge in [-0.1, -0.05) is 17.8 Å². The molecule has 2 aromatic rings. The molecule has 0 bridgehead atoms. The molecule has 0 N–H and O–H groups in total. The lowest BCUT2D eigenvalue weighted by atomic mass is 9.92. The zero-order valence-corrected chi connectivity index (χ0v) is 13.5. The highest BCUT2D eigenvalue weighted by Gasteiger charge is 2.16. The van der Waals surface area contributed by atoms with Gasteiger partial charge in [0.15, 0.2) is 10.9 Å². The highest BCUT2D eigenvalue weighted by molar-refractivity contribution is 7.99. The van der Waals surface area contributed by atoms with Gasteiger partial charge < -0.3 is 4.57 Å². The standard InChI is InChI=1S/C16H20N2OS/c1-10-8-11(2)13(4)15(12(10)3)14(19)9-20-16-17-6-7-18(16)5/h6-8H,9H2,1-5H3. The minimum Gasteiger partial charge on any atom is -0.329 e. The first kappa shape index (κ1) is 14.9. The van der Waals surface area contributed by atoms with Crippen molar-refractivity contribution in [3.05, 3.63) is 46.3 Å². The van der Waals surface area contributed by atoms with Crippen LogP contribution in [0.1, 0.15) is 32.6 Å². The van der Waals surface area contributed by atoms with Crippen LogP contribution in [-0.4, -0.2) is 21.1 Å². The fraction of sp³-hybridized carbons (Fsp3) is 0.375. The summed E-state index contributed by atoms with van der Waals surface area (Å²) in [6.07, 6.45) is 3.64. The van der Waals surface area contributed by atoms with Gasteiger partial charge in [-0.25, -0.2) is 4.98 Å². The van der Waals surface area contributed by atoms with Gasteiger partial charge in [-0.05, 0) is 49.9 Å². The van der Waals surface area contributed by atoms with Crippen molar-refractivity contribution in [2.24, 2.45) is 7.05 Å². The van der Waals surface area contributed by atoms with Crippen LogP contribution in [0.4, 0.5) is 0 Å². The van der Waals surface area contributed by atoms with Crippen molar-refractivity contribution in [3.8, 4) is 0 Å². The van der Waals surface area contributed by atoms with Crippen LogP contribution in [0.25, 0.3) is 0 Å². The Labute approximate surface area is 124 Å². The summed E-state index contributed by atoms with van der Waals surface area (Å²) in [5.74, 6) is 0.606. The summed E-state index contributed by atoms with van der Waals surface area (Å²) in [6.45, 7) is 8.18. The smallest absolute Gasteiger partial charge is 0.173 e. The Balaban J connectivity index is 2.24. The van der Waals surface area contributed by atoms with Gasteiger partial charge in [0, 0.05) is 25.0 Å². The van der Waals surface area contributed by atoms with E-state index >= 15 is 0 Å². The molecule has 1 heterocycles. The van der Waals surface area contributed by atoms with Gasteiger partial charge in [0.2, 0.25) is 0 Å². The summed E-state index contributed by atoms with van der Waals surface area (Å²) >= 11 is 1.49. The molecule has 3 nitrogen and oxygen atoms in total. The summed E-state index contributed by atoms with van der Waals surface area (Å²) in [5.41, 5.74) is 5.43. The van der Waals surface area contributed by atoms with E-state index in [1.807, 2.05) is 31.7 Å². The molecule has 0 aliphatic heterocycles. The maximum absolute atomic E-state index is 12.5. The van der Waals surface area contributed by atoms with Crippen LogP contribution in [0.5, 0.6) is 0 Å². The molecule has 0 amide bonds. The Kier molecular flexibility index (Phi) is 4.33. The van der Waals surface area contributed by atoms with Crippen LogP contribution >= 0.6 is 11.8 Å². The number of thioether (sulfide) groups is 1. The quantitative estimate of drug-likeness (QED) is 0.636. The molecule has 20 heavy (non-hydrogen) atoms. The highest BCUT2D eigenvalue weighted by atomic mass is 32.2. The number of aromatic nitrogens is 2. The van der Waals surface area contributed by atoms with Crippen LogP contribution in [0.2, 0.25) is 0 Å². The summed E-state index contributed by atoms with van der Waals surface area (Å²) in [5, 5.41) is 0.873. The number of nitrogens with zero attached hydrogens (tertiary/aromatic N) is 2. The first-order valence-electron chi connectivity index (χ1n) is 6.62. The predicted octanol–water partition coefficient (Wildman–Crippen LogP) is 3.63. The third kappa shape index (κ3) is 2.80. The molecular weight excluding hydrogens is 268 g/mol. The van der Waals surface area contributed by atoms with E-state index in [9.17, 15) is 4.79 Å². The second kappa shape index (κ2) is 5.83. The van der Waals surface area contributed by atoms with Crippen LogP contribution in [0, 0.1) is 27.7 Å². The van der Waals surface area contributed by atoms with Gasteiger partial charge in [-0.2, -0.15) is 0 Å². The van der Waals surface area contributed by atoms with Crippen LogP contribution in [-0.2, 0) is 7.05 Å². The van der Waals surface area contributed by atoms with E-state index in [0.717, 1.165) is 21.8 Å². The molecule has 0 aliphatic rings. The number of hydrogen-bond donors (Lipinski definition) is 0. The number of Topliss-reactive ketones (excluding diaryl/α,β-unsaturated/α-hetero) is 1. The van der Waals surface area contributed by atoms with E-state index in [1.54, 1.807) is 6.20 Å². The first-order chi connectivity index (χ1) is 9.41. The lowest BCUT2D eigenvalue weighted by Gasteiger charge is -2.14. The SMILES string of the molecule is Cc1cc(C)c(C)c(C(=O)CSc2nccn2C)c1C. The molecule has 4 heteroatoms. The van der Waals surface area contributed by atoms with Crippen LogP contribution < -0.4 is 0 Å². The number of rotatable bonds is 4. The fourth-order valence-electron chi connectivity index (χ4n) is 2.33. The third-order valence-corrected chi connectivity index (χ3v) is 4.81. The van der Waals surface area contributed by atoms with E-state index in [2.05, 4.69) is 24.9 Å². The van der Waals surface area contributed by atoms with Crippen molar-refractivity contribution < 1.29 is 4.79 Å². The maximum Gasteiger partial charge on any atom is 0.173 e. The fourth-order valence-corrected chi connectivity index (χ4v) is 3.13. The molecule has 1 aromatic heterocycles. The van der Waals surface area contributed by atoms with Crippen molar-refractivity contribution in [1.82, 2.24) is 9.55 Å². The number of aryl methyl sites for hydroxylation is 3. The number of carbonyl (C=O) groups is 1. The van der Waals surface area contributed by atoms with Gasteiger partial charge in [-0.3, -0.25) is 4.79 Å². The molecule has 106 valence electrons. The third-order valence-electron chi connectivity index (χ3n) is 3.75. The average molecular weight is 288 g/mol. The second-order valence-corrected chi connectivity index (χ2v) is 6.11. The maximum atomic E-state index is 12.5. The number of ketones is 1. The van der Waals surface area contributed by atoms with E-state index in [0.29, 0.717) is 5.75 Å². The van der Waals surface area contributed by atoms with Gasteiger partial charge >= 0.3 is 0 Å². The van der Waals surface area contributed by atoms with E-state index in [4.69, 9.17) is 0 Å². The molecule has 0 atom stereocenters. The van der Waals surface area contributed by atoms with E-state index in [-0.39, 0.29) is 5.78 Å². The molecule has 0 saturated carbocycles. The minimum atomic E-state index is 0.180. The molecule has 0 saturated heterocycles. The largest absolute Gasteiger partial charge is 0.329 e. The van der Waals surface area contributed by atoms with Gasteiger partial charge in [-0.15, -0.1) is 0 Å². The Morgan fingerprint density at radius 1 is 1.20 bits per heavy atom. The Morgan fingerprint density at radius 3 is 2.30 bits per heavy atom. The van der Waals surface area contributed by atoms with Crippen LogP contribution in [0.3, 0.4) is 0 Å². The highest BCUT2D eigenvalue weighted by Crippen LogP contribution is 2.24. The lowest BCUT2D eigenvalue weighted by molar-refractivity contribution is 0.102. The predicted molar refractivity (Wildman–Crippen MR) is 83.7 cm³/mol. The normalized spacial score (nSPS) is 10.8. The monoisotopic (exact) mass is 288 g/mol. The molecule has 0 radical (unpaired) electrons. The zero-order valence-electron chi connectivity index (χ0n) is 12.7. The van der Waals surface area contributed by atoms with Crippen molar-refractivity contribution in [1.29, 1.82) is 0 Å². The van der Waals surface area contributed by atoms with Crippen molar-refractivity contribution in [2.45, 2.75) is 32.9 Å². The second-order valence-electron chi connectivity index (χ2n) is 5.17. The van der Waals surface area contributed by atoms with Crippen molar-refractivity contribution in [2.75, 3.05) is 5.75 Å². The molecule has 2 rings (SSSR count). The Morgan fingerprint density at radius 2 is 1.80 bits per heavy atom. The molecular formula is C16H20N2OS. The van der Waals surface area contributed by atoms with E-state index in [1.165, 1.54) is 22.9 Å². The van der Waals surface area contributed by atoms with E-state index < -0.39 is 0 Å². The van der Waals surface area contributed by atoms with Crippen molar-refractivity contribution in [3.63, 3.8) is 0 Å². The Bertz CT molecular complexity index is 632. The number of imidazole rings is 1. The zero-order chi connectivity index (χ0) is 14.9. The topological polar surface area (TPSA) is 34.9 Å². The summed E-state index contributed by atoms with van der Waals surface area (Å²) in [7, 11) is 1.94.